The fraction of sp³-hybridized carbons (Fsp3) is 0.167. The maximum atomic E-state index is 11.1. The standard InChI is InChI=1S/C12H12N2O3/c1-7-2-3-9-8(4-7)5-10(12(16)17)14(9)6-11(13)15/h2-5H,6H2,1H3,(H2,13,15)(H,16,17). The van der Waals surface area contributed by atoms with Gasteiger partial charge in [-0.2, -0.15) is 0 Å². The number of nitrogens with zero attached hydrogens (tertiary/aromatic N) is 1. The highest BCUT2D eigenvalue weighted by Crippen LogP contribution is 2.21. The van der Waals surface area contributed by atoms with E-state index in [2.05, 4.69) is 0 Å². The molecule has 88 valence electrons. The fourth-order valence-electron chi connectivity index (χ4n) is 1.89. The van der Waals surface area contributed by atoms with Crippen molar-refractivity contribution in [3.05, 3.63) is 35.5 Å². The molecule has 2 rings (SSSR count). The Balaban J connectivity index is 2.71. The van der Waals surface area contributed by atoms with Gasteiger partial charge in [0.15, 0.2) is 0 Å². The van der Waals surface area contributed by atoms with Crippen molar-refractivity contribution in [3.63, 3.8) is 0 Å². The minimum atomic E-state index is -1.07. The number of carbonyl (C=O) groups excluding carboxylic acids is 1. The molecule has 5 heteroatoms. The summed E-state index contributed by atoms with van der Waals surface area (Å²) in [4.78, 5) is 22.0. The Labute approximate surface area is 97.4 Å². The molecule has 0 bridgehead atoms. The number of fused-ring (bicyclic) bond motifs is 1. The first kappa shape index (κ1) is 11.2. The molecule has 3 N–H and O–H groups in total. The van der Waals surface area contributed by atoms with Crippen LogP contribution in [0.5, 0.6) is 0 Å². The number of aromatic carboxylic acids is 1. The van der Waals surface area contributed by atoms with E-state index in [9.17, 15) is 9.59 Å². The van der Waals surface area contributed by atoms with E-state index in [1.165, 1.54) is 4.57 Å². The molecule has 0 saturated heterocycles. The first-order valence-corrected chi connectivity index (χ1v) is 5.10. The summed E-state index contributed by atoms with van der Waals surface area (Å²) in [6, 6.07) is 7.08. The van der Waals surface area contributed by atoms with Crippen LogP contribution in [0.4, 0.5) is 0 Å². The third-order valence-electron chi connectivity index (χ3n) is 2.59. The second-order valence-electron chi connectivity index (χ2n) is 3.95. The zero-order valence-corrected chi connectivity index (χ0v) is 9.30. The molecule has 1 heterocycles. The van der Waals surface area contributed by atoms with Gasteiger partial charge in [-0.1, -0.05) is 11.6 Å². The van der Waals surface area contributed by atoms with Crippen LogP contribution < -0.4 is 5.73 Å². The third kappa shape index (κ3) is 1.99. The van der Waals surface area contributed by atoms with Crippen LogP contribution in [0, 0.1) is 6.92 Å². The van der Waals surface area contributed by atoms with Crippen molar-refractivity contribution in [1.29, 1.82) is 0 Å². The molecule has 0 radical (unpaired) electrons. The van der Waals surface area contributed by atoms with Crippen LogP contribution in [0.25, 0.3) is 10.9 Å². The molecular weight excluding hydrogens is 220 g/mol. The average Bonchev–Trinajstić information content (AvgIpc) is 2.55. The average molecular weight is 232 g/mol. The summed E-state index contributed by atoms with van der Waals surface area (Å²) in [5.74, 6) is -1.63. The molecule has 0 atom stereocenters. The van der Waals surface area contributed by atoms with E-state index in [0.29, 0.717) is 5.52 Å². The Morgan fingerprint density at radius 1 is 1.35 bits per heavy atom. The molecule has 1 amide bonds. The number of nitrogens with two attached hydrogens (primary N) is 1. The smallest absolute Gasteiger partial charge is 0.352 e. The lowest BCUT2D eigenvalue weighted by atomic mass is 10.2. The van der Waals surface area contributed by atoms with Gasteiger partial charge in [-0.3, -0.25) is 4.79 Å². The lowest BCUT2D eigenvalue weighted by Gasteiger charge is -2.05. The van der Waals surface area contributed by atoms with Crippen LogP contribution in [0.1, 0.15) is 16.1 Å². The largest absolute Gasteiger partial charge is 0.477 e. The van der Waals surface area contributed by atoms with Gasteiger partial charge in [-0.25, -0.2) is 4.79 Å². The summed E-state index contributed by atoms with van der Waals surface area (Å²) in [6.45, 7) is 1.79. The Morgan fingerprint density at radius 3 is 2.65 bits per heavy atom. The quantitative estimate of drug-likeness (QED) is 0.831. The van der Waals surface area contributed by atoms with Crippen molar-refractivity contribution in [1.82, 2.24) is 4.57 Å². The molecule has 1 aromatic heterocycles. The van der Waals surface area contributed by atoms with Crippen LogP contribution in [0.3, 0.4) is 0 Å². The third-order valence-corrected chi connectivity index (χ3v) is 2.59. The Bertz CT molecular complexity index is 613. The monoisotopic (exact) mass is 232 g/mol. The second kappa shape index (κ2) is 3.93. The molecule has 0 saturated carbocycles. The molecule has 0 aliphatic heterocycles. The SMILES string of the molecule is Cc1ccc2c(c1)cc(C(=O)O)n2CC(N)=O. The number of carboxylic acid groups (broad SMARTS) is 1. The topological polar surface area (TPSA) is 85.3 Å². The highest BCUT2D eigenvalue weighted by molar-refractivity contribution is 5.95. The van der Waals surface area contributed by atoms with Gasteiger partial charge in [0, 0.05) is 10.9 Å². The molecule has 5 nitrogen and oxygen atoms in total. The van der Waals surface area contributed by atoms with Crippen molar-refractivity contribution in [2.45, 2.75) is 13.5 Å². The Morgan fingerprint density at radius 2 is 2.06 bits per heavy atom. The zero-order valence-electron chi connectivity index (χ0n) is 9.30. The number of hydrogen-bond donors (Lipinski definition) is 2. The zero-order chi connectivity index (χ0) is 12.6. The van der Waals surface area contributed by atoms with E-state index >= 15 is 0 Å². The lowest BCUT2D eigenvalue weighted by molar-refractivity contribution is -0.118. The first-order valence-electron chi connectivity index (χ1n) is 5.10. The summed E-state index contributed by atoms with van der Waals surface area (Å²) in [7, 11) is 0. The minimum Gasteiger partial charge on any atom is -0.477 e. The van der Waals surface area contributed by atoms with Gasteiger partial charge in [-0.05, 0) is 25.1 Å². The fourth-order valence-corrected chi connectivity index (χ4v) is 1.89. The predicted molar refractivity (Wildman–Crippen MR) is 62.8 cm³/mol. The highest BCUT2D eigenvalue weighted by Gasteiger charge is 2.15. The number of carbonyl (C=O) groups is 2. The molecule has 17 heavy (non-hydrogen) atoms. The number of rotatable bonds is 3. The van der Waals surface area contributed by atoms with Gasteiger partial charge < -0.3 is 15.4 Å². The van der Waals surface area contributed by atoms with Gasteiger partial charge >= 0.3 is 5.97 Å². The Hall–Kier alpha value is -2.30. The van der Waals surface area contributed by atoms with E-state index < -0.39 is 11.9 Å². The molecule has 2 aromatic rings. The van der Waals surface area contributed by atoms with Gasteiger partial charge in [0.05, 0.1) is 0 Å². The van der Waals surface area contributed by atoms with Crippen molar-refractivity contribution in [2.24, 2.45) is 5.73 Å². The molecule has 0 unspecified atom stereocenters. The molecule has 1 aromatic carbocycles. The summed E-state index contributed by atoms with van der Waals surface area (Å²) < 4.78 is 1.42. The Kier molecular flexibility index (Phi) is 2.59. The highest BCUT2D eigenvalue weighted by atomic mass is 16.4. The summed E-state index contributed by atoms with van der Waals surface area (Å²) >= 11 is 0. The number of primary amides is 1. The van der Waals surface area contributed by atoms with E-state index in [1.807, 2.05) is 19.1 Å². The van der Waals surface area contributed by atoms with Crippen molar-refractivity contribution >= 4 is 22.8 Å². The van der Waals surface area contributed by atoms with Crippen LogP contribution >= 0.6 is 0 Å². The normalized spacial score (nSPS) is 10.6. The lowest BCUT2D eigenvalue weighted by Crippen LogP contribution is -2.21. The van der Waals surface area contributed by atoms with Crippen LogP contribution in [0.2, 0.25) is 0 Å². The number of aryl methyl sites for hydroxylation is 1. The maximum absolute atomic E-state index is 11.1. The molecule has 0 fully saturated rings. The molecule has 0 spiro atoms. The minimum absolute atomic E-state index is 0.0735. The van der Waals surface area contributed by atoms with Crippen LogP contribution in [-0.2, 0) is 11.3 Å². The van der Waals surface area contributed by atoms with Crippen LogP contribution in [-0.4, -0.2) is 21.6 Å². The molecular formula is C12H12N2O3. The van der Waals surface area contributed by atoms with Crippen molar-refractivity contribution < 1.29 is 14.7 Å². The van der Waals surface area contributed by atoms with Crippen LogP contribution in [0.15, 0.2) is 24.3 Å². The predicted octanol–water partition coefficient (Wildman–Crippen LogP) is 1.13. The summed E-state index contributed by atoms with van der Waals surface area (Å²) in [6.07, 6.45) is 0. The van der Waals surface area contributed by atoms with Crippen molar-refractivity contribution in [3.8, 4) is 0 Å². The maximum Gasteiger partial charge on any atom is 0.352 e. The first-order chi connectivity index (χ1) is 7.99. The van der Waals surface area contributed by atoms with E-state index in [1.54, 1.807) is 12.1 Å². The van der Waals surface area contributed by atoms with Gasteiger partial charge in [-0.15, -0.1) is 0 Å². The van der Waals surface area contributed by atoms with Gasteiger partial charge in [0.1, 0.15) is 12.2 Å². The summed E-state index contributed by atoms with van der Waals surface area (Å²) in [5, 5.41) is 9.87. The van der Waals surface area contributed by atoms with Crippen molar-refractivity contribution in [2.75, 3.05) is 0 Å². The summed E-state index contributed by atoms with van der Waals surface area (Å²) in [5.41, 5.74) is 6.93. The molecule has 0 aliphatic carbocycles. The molecule has 0 aliphatic rings. The number of benzene rings is 1. The van der Waals surface area contributed by atoms with E-state index in [4.69, 9.17) is 10.8 Å². The van der Waals surface area contributed by atoms with Gasteiger partial charge in [0.25, 0.3) is 0 Å². The van der Waals surface area contributed by atoms with E-state index in [0.717, 1.165) is 10.9 Å². The number of aromatic nitrogens is 1. The van der Waals surface area contributed by atoms with E-state index in [-0.39, 0.29) is 12.2 Å². The van der Waals surface area contributed by atoms with Gasteiger partial charge in [0.2, 0.25) is 5.91 Å². The second-order valence-corrected chi connectivity index (χ2v) is 3.95. The number of carboxylic acids is 1. The number of hydrogen-bond acceptors (Lipinski definition) is 2. The number of amides is 1.